The summed E-state index contributed by atoms with van der Waals surface area (Å²) in [4.78, 5) is 0. The monoisotopic (exact) mass is 233 g/mol. The van der Waals surface area contributed by atoms with Crippen molar-refractivity contribution < 1.29 is 5.11 Å². The Labute approximate surface area is 104 Å². The minimum Gasteiger partial charge on any atom is -0.394 e. The van der Waals surface area contributed by atoms with Gasteiger partial charge in [0, 0.05) is 6.04 Å². The molecule has 1 fully saturated rings. The summed E-state index contributed by atoms with van der Waals surface area (Å²) in [6.07, 6.45) is 3.78. The van der Waals surface area contributed by atoms with Gasteiger partial charge in [0.05, 0.1) is 12.6 Å². The highest BCUT2D eigenvalue weighted by Gasteiger charge is 2.35. The van der Waals surface area contributed by atoms with E-state index in [2.05, 4.69) is 31.3 Å². The van der Waals surface area contributed by atoms with E-state index in [1.54, 1.807) is 0 Å². The molecule has 2 heteroatoms. The third-order valence-electron chi connectivity index (χ3n) is 4.04. The highest BCUT2D eigenvalue weighted by atomic mass is 16.3. The first-order valence-electron chi connectivity index (χ1n) is 6.55. The zero-order valence-corrected chi connectivity index (χ0v) is 10.8. The third kappa shape index (κ3) is 2.88. The molecule has 1 aromatic carbocycles. The van der Waals surface area contributed by atoms with Gasteiger partial charge < -0.3 is 10.4 Å². The van der Waals surface area contributed by atoms with Gasteiger partial charge in [-0.3, -0.25) is 0 Å². The van der Waals surface area contributed by atoms with Gasteiger partial charge in [-0.15, -0.1) is 0 Å². The van der Waals surface area contributed by atoms with E-state index in [1.807, 2.05) is 18.2 Å². The zero-order valence-electron chi connectivity index (χ0n) is 10.8. The molecule has 0 saturated heterocycles. The number of aliphatic hydroxyl groups excluding tert-OH is 1. The molecule has 0 heterocycles. The molecule has 0 amide bonds. The average molecular weight is 233 g/mol. The third-order valence-corrected chi connectivity index (χ3v) is 4.04. The van der Waals surface area contributed by atoms with E-state index in [9.17, 15) is 5.11 Å². The Hall–Kier alpha value is -0.860. The average Bonchev–Trinajstić information content (AvgIpc) is 2.66. The van der Waals surface area contributed by atoms with E-state index >= 15 is 0 Å². The summed E-state index contributed by atoms with van der Waals surface area (Å²) in [7, 11) is 0. The summed E-state index contributed by atoms with van der Waals surface area (Å²) in [5, 5.41) is 13.2. The van der Waals surface area contributed by atoms with Crippen molar-refractivity contribution in [2.24, 2.45) is 5.41 Å². The van der Waals surface area contributed by atoms with Crippen LogP contribution in [-0.2, 0) is 0 Å². The molecule has 2 N–H and O–H groups in total. The van der Waals surface area contributed by atoms with Crippen molar-refractivity contribution in [1.29, 1.82) is 0 Å². The molecule has 1 saturated carbocycles. The molecule has 0 spiro atoms. The van der Waals surface area contributed by atoms with Crippen LogP contribution in [0.15, 0.2) is 30.3 Å². The Kier molecular flexibility index (Phi) is 3.85. The number of aliphatic hydroxyl groups is 1. The first-order valence-corrected chi connectivity index (χ1v) is 6.55. The van der Waals surface area contributed by atoms with Crippen molar-refractivity contribution in [1.82, 2.24) is 5.32 Å². The van der Waals surface area contributed by atoms with E-state index in [0.29, 0.717) is 11.5 Å². The van der Waals surface area contributed by atoms with E-state index < -0.39 is 0 Å². The first kappa shape index (κ1) is 12.6. The van der Waals surface area contributed by atoms with Crippen molar-refractivity contribution in [2.75, 3.05) is 6.61 Å². The SMILES string of the molecule is CC1(C)CCCC1NC(CO)c1ccccc1. The molecule has 0 aromatic heterocycles. The lowest BCUT2D eigenvalue weighted by Gasteiger charge is -2.31. The summed E-state index contributed by atoms with van der Waals surface area (Å²) in [6, 6.07) is 10.8. The molecule has 2 unspecified atom stereocenters. The molecule has 2 nitrogen and oxygen atoms in total. The molecule has 94 valence electrons. The first-order chi connectivity index (χ1) is 8.13. The van der Waals surface area contributed by atoms with Gasteiger partial charge in [-0.25, -0.2) is 0 Å². The van der Waals surface area contributed by atoms with Crippen LogP contribution in [0.25, 0.3) is 0 Å². The second-order valence-corrected chi connectivity index (χ2v) is 5.75. The molecule has 2 atom stereocenters. The molecule has 17 heavy (non-hydrogen) atoms. The second kappa shape index (κ2) is 5.19. The number of hydrogen-bond acceptors (Lipinski definition) is 2. The quantitative estimate of drug-likeness (QED) is 0.838. The number of hydrogen-bond donors (Lipinski definition) is 2. The van der Waals surface area contributed by atoms with Crippen LogP contribution in [0.3, 0.4) is 0 Å². The molecule has 1 aliphatic carbocycles. The number of benzene rings is 1. The summed E-state index contributed by atoms with van der Waals surface area (Å²) in [5.74, 6) is 0. The van der Waals surface area contributed by atoms with Crippen LogP contribution in [0, 0.1) is 5.41 Å². The van der Waals surface area contributed by atoms with Crippen LogP contribution in [-0.4, -0.2) is 17.8 Å². The summed E-state index contributed by atoms with van der Waals surface area (Å²) >= 11 is 0. The summed E-state index contributed by atoms with van der Waals surface area (Å²) in [6.45, 7) is 4.80. The maximum Gasteiger partial charge on any atom is 0.0626 e. The van der Waals surface area contributed by atoms with Gasteiger partial charge in [0.25, 0.3) is 0 Å². The maximum atomic E-state index is 9.55. The van der Waals surface area contributed by atoms with Gasteiger partial charge in [0.1, 0.15) is 0 Å². The van der Waals surface area contributed by atoms with Crippen LogP contribution >= 0.6 is 0 Å². The summed E-state index contributed by atoms with van der Waals surface area (Å²) < 4.78 is 0. The van der Waals surface area contributed by atoms with Gasteiger partial charge >= 0.3 is 0 Å². The Morgan fingerprint density at radius 3 is 2.59 bits per heavy atom. The molecular formula is C15H23NO. The highest BCUT2D eigenvalue weighted by molar-refractivity contribution is 5.19. The zero-order chi connectivity index (χ0) is 12.3. The molecule has 1 aliphatic rings. The van der Waals surface area contributed by atoms with E-state index in [4.69, 9.17) is 0 Å². The predicted octanol–water partition coefficient (Wildman–Crippen LogP) is 2.89. The lowest BCUT2D eigenvalue weighted by Crippen LogP contribution is -2.41. The van der Waals surface area contributed by atoms with Crippen LogP contribution in [0.1, 0.15) is 44.7 Å². The smallest absolute Gasteiger partial charge is 0.0626 e. The van der Waals surface area contributed by atoms with Gasteiger partial charge in [-0.2, -0.15) is 0 Å². The number of nitrogens with one attached hydrogen (secondary N) is 1. The molecule has 0 bridgehead atoms. The minimum atomic E-state index is 0.0681. The molecular weight excluding hydrogens is 210 g/mol. The fourth-order valence-electron chi connectivity index (χ4n) is 2.82. The van der Waals surface area contributed by atoms with Gasteiger partial charge in [0.2, 0.25) is 0 Å². The van der Waals surface area contributed by atoms with Gasteiger partial charge in [-0.1, -0.05) is 50.6 Å². The standard InChI is InChI=1S/C15H23NO/c1-15(2)10-6-9-14(15)16-13(11-17)12-7-4-3-5-8-12/h3-5,7-8,13-14,16-17H,6,9-11H2,1-2H3. The topological polar surface area (TPSA) is 32.3 Å². The Balaban J connectivity index is 2.06. The number of rotatable bonds is 4. The molecule has 1 aromatic rings. The van der Waals surface area contributed by atoms with Crippen LogP contribution in [0.4, 0.5) is 0 Å². The fraction of sp³-hybridized carbons (Fsp3) is 0.600. The second-order valence-electron chi connectivity index (χ2n) is 5.75. The Bertz CT molecular complexity index is 347. The largest absolute Gasteiger partial charge is 0.394 e. The fourth-order valence-corrected chi connectivity index (χ4v) is 2.82. The van der Waals surface area contributed by atoms with Gasteiger partial charge in [-0.05, 0) is 23.8 Å². The Morgan fingerprint density at radius 2 is 2.06 bits per heavy atom. The molecule has 2 rings (SSSR count). The maximum absolute atomic E-state index is 9.55. The highest BCUT2D eigenvalue weighted by Crippen LogP contribution is 2.38. The van der Waals surface area contributed by atoms with Crippen molar-refractivity contribution in [2.45, 2.75) is 45.2 Å². The Morgan fingerprint density at radius 1 is 1.35 bits per heavy atom. The van der Waals surface area contributed by atoms with Crippen molar-refractivity contribution in [3.05, 3.63) is 35.9 Å². The molecule has 0 aliphatic heterocycles. The van der Waals surface area contributed by atoms with Crippen LogP contribution < -0.4 is 5.32 Å². The van der Waals surface area contributed by atoms with Crippen molar-refractivity contribution in [3.8, 4) is 0 Å². The van der Waals surface area contributed by atoms with Crippen LogP contribution in [0.5, 0.6) is 0 Å². The predicted molar refractivity (Wildman–Crippen MR) is 70.8 cm³/mol. The molecule has 0 radical (unpaired) electrons. The van der Waals surface area contributed by atoms with E-state index in [-0.39, 0.29) is 12.6 Å². The van der Waals surface area contributed by atoms with Gasteiger partial charge in [0.15, 0.2) is 0 Å². The lowest BCUT2D eigenvalue weighted by molar-refractivity contribution is 0.198. The minimum absolute atomic E-state index is 0.0681. The summed E-state index contributed by atoms with van der Waals surface area (Å²) in [5.41, 5.74) is 1.53. The van der Waals surface area contributed by atoms with Crippen LogP contribution in [0.2, 0.25) is 0 Å². The normalized spacial score (nSPS) is 24.8. The van der Waals surface area contributed by atoms with E-state index in [0.717, 1.165) is 0 Å². The van der Waals surface area contributed by atoms with E-state index in [1.165, 1.54) is 24.8 Å². The lowest BCUT2D eigenvalue weighted by atomic mass is 9.86. The van der Waals surface area contributed by atoms with Crippen molar-refractivity contribution in [3.63, 3.8) is 0 Å². The van der Waals surface area contributed by atoms with Crippen molar-refractivity contribution >= 4 is 0 Å².